The monoisotopic (exact) mass is 300 g/mol. The van der Waals surface area contributed by atoms with Crippen LogP contribution in [0, 0.1) is 0 Å². The molecule has 0 bridgehead atoms. The van der Waals surface area contributed by atoms with Crippen LogP contribution in [-0.2, 0) is 0 Å². The highest BCUT2D eigenvalue weighted by molar-refractivity contribution is 5.88. The summed E-state index contributed by atoms with van der Waals surface area (Å²) in [5.74, 6) is 0.391. The van der Waals surface area contributed by atoms with Gasteiger partial charge in [0.05, 0.1) is 5.69 Å². The molecule has 1 aromatic carbocycles. The number of nitrogens with one attached hydrogen (secondary N) is 3. The van der Waals surface area contributed by atoms with Crippen LogP contribution in [0.5, 0.6) is 0 Å². The molecule has 0 unspecified atom stereocenters. The summed E-state index contributed by atoms with van der Waals surface area (Å²) < 4.78 is 1.40. The van der Waals surface area contributed by atoms with Gasteiger partial charge in [-0.1, -0.05) is 37.5 Å². The molecule has 1 aliphatic rings. The number of anilines is 1. The first-order valence-electron chi connectivity index (χ1n) is 7.67. The smallest absolute Gasteiger partial charge is 0.320 e. The van der Waals surface area contributed by atoms with E-state index < -0.39 is 0 Å². The average Bonchev–Trinajstić information content (AvgIpc) is 2.89. The zero-order chi connectivity index (χ0) is 15.4. The van der Waals surface area contributed by atoms with E-state index in [4.69, 9.17) is 0 Å². The fourth-order valence-electron chi connectivity index (χ4n) is 2.82. The lowest BCUT2D eigenvalue weighted by Gasteiger charge is -2.22. The van der Waals surface area contributed by atoms with Crippen LogP contribution in [0.3, 0.4) is 0 Å². The van der Waals surface area contributed by atoms with Gasteiger partial charge in [-0.05, 0) is 25.0 Å². The van der Waals surface area contributed by atoms with Crippen molar-refractivity contribution in [3.05, 3.63) is 46.8 Å². The third kappa shape index (κ3) is 3.39. The molecule has 22 heavy (non-hydrogen) atoms. The molecule has 6 heteroatoms. The summed E-state index contributed by atoms with van der Waals surface area (Å²) in [4.78, 5) is 24.0. The number of hydrogen-bond acceptors (Lipinski definition) is 2. The first kappa shape index (κ1) is 14.4. The second kappa shape index (κ2) is 6.51. The van der Waals surface area contributed by atoms with Crippen molar-refractivity contribution in [1.82, 2.24) is 15.1 Å². The van der Waals surface area contributed by atoms with Gasteiger partial charge in [-0.3, -0.25) is 15.2 Å². The van der Waals surface area contributed by atoms with Crippen LogP contribution in [0.15, 0.2) is 41.2 Å². The third-order valence-corrected chi connectivity index (χ3v) is 3.92. The second-order valence-corrected chi connectivity index (χ2v) is 5.61. The van der Waals surface area contributed by atoms with Gasteiger partial charge in [0.25, 0.3) is 5.56 Å². The molecule has 116 valence electrons. The van der Waals surface area contributed by atoms with Crippen LogP contribution in [0.2, 0.25) is 0 Å². The predicted molar refractivity (Wildman–Crippen MR) is 85.4 cm³/mol. The first-order valence-corrected chi connectivity index (χ1v) is 7.67. The number of hydrogen-bond donors (Lipinski definition) is 3. The molecule has 0 radical (unpaired) electrons. The number of aromatic amines is 1. The summed E-state index contributed by atoms with van der Waals surface area (Å²) in [6.07, 6.45) is 5.61. The highest BCUT2D eigenvalue weighted by Crippen LogP contribution is 2.17. The zero-order valence-electron chi connectivity index (χ0n) is 12.3. The predicted octanol–water partition coefficient (Wildman–Crippen LogP) is 2.62. The van der Waals surface area contributed by atoms with E-state index >= 15 is 0 Å². The summed E-state index contributed by atoms with van der Waals surface area (Å²) >= 11 is 0. The Hall–Kier alpha value is -2.50. The maximum Gasteiger partial charge on any atom is 0.320 e. The van der Waals surface area contributed by atoms with Crippen molar-refractivity contribution in [2.45, 2.75) is 38.1 Å². The minimum Gasteiger partial charge on any atom is -0.335 e. The summed E-state index contributed by atoms with van der Waals surface area (Å²) in [7, 11) is 0. The lowest BCUT2D eigenvalue weighted by atomic mass is 9.96. The van der Waals surface area contributed by atoms with Gasteiger partial charge >= 0.3 is 6.03 Å². The van der Waals surface area contributed by atoms with E-state index in [9.17, 15) is 9.59 Å². The maximum absolute atomic E-state index is 12.0. The molecule has 1 heterocycles. The SMILES string of the molecule is O=C(Nc1cc(=O)n(-c2ccccc2)[nH]1)NC1CCCCC1. The Kier molecular flexibility index (Phi) is 4.27. The number of carbonyl (C=O) groups is 1. The molecule has 2 amide bonds. The van der Waals surface area contributed by atoms with E-state index in [1.807, 2.05) is 30.3 Å². The van der Waals surface area contributed by atoms with E-state index in [1.165, 1.54) is 17.2 Å². The average molecular weight is 300 g/mol. The van der Waals surface area contributed by atoms with Crippen LogP contribution < -0.4 is 16.2 Å². The van der Waals surface area contributed by atoms with Gasteiger partial charge in [-0.15, -0.1) is 0 Å². The topological polar surface area (TPSA) is 78.9 Å². The van der Waals surface area contributed by atoms with Crippen LogP contribution >= 0.6 is 0 Å². The summed E-state index contributed by atoms with van der Waals surface area (Å²) in [6, 6.07) is 10.6. The van der Waals surface area contributed by atoms with E-state index in [0.29, 0.717) is 5.82 Å². The van der Waals surface area contributed by atoms with Gasteiger partial charge in [0.15, 0.2) is 0 Å². The van der Waals surface area contributed by atoms with Crippen LogP contribution in [0.25, 0.3) is 5.69 Å². The number of nitrogens with zero attached hydrogens (tertiary/aromatic N) is 1. The van der Waals surface area contributed by atoms with E-state index in [1.54, 1.807) is 0 Å². The number of benzene rings is 1. The Labute approximate surface area is 128 Å². The van der Waals surface area contributed by atoms with Crippen molar-refractivity contribution in [2.75, 3.05) is 5.32 Å². The largest absolute Gasteiger partial charge is 0.335 e. The van der Waals surface area contributed by atoms with Gasteiger partial charge in [0, 0.05) is 12.1 Å². The molecular weight excluding hydrogens is 280 g/mol. The van der Waals surface area contributed by atoms with Crippen molar-refractivity contribution in [2.24, 2.45) is 0 Å². The molecule has 3 rings (SSSR count). The summed E-state index contributed by atoms with van der Waals surface area (Å²) in [5.41, 5.74) is 0.521. The Morgan fingerprint density at radius 2 is 1.86 bits per heavy atom. The number of aromatic nitrogens is 2. The van der Waals surface area contributed by atoms with Crippen LogP contribution in [-0.4, -0.2) is 21.9 Å². The summed E-state index contributed by atoms with van der Waals surface area (Å²) in [6.45, 7) is 0. The number of H-pyrrole nitrogens is 1. The van der Waals surface area contributed by atoms with E-state index in [2.05, 4.69) is 15.7 Å². The Morgan fingerprint density at radius 1 is 1.14 bits per heavy atom. The highest BCUT2D eigenvalue weighted by atomic mass is 16.2. The first-order chi connectivity index (χ1) is 10.7. The minimum atomic E-state index is -0.270. The molecule has 1 saturated carbocycles. The highest BCUT2D eigenvalue weighted by Gasteiger charge is 2.16. The maximum atomic E-state index is 12.0. The van der Waals surface area contributed by atoms with Crippen molar-refractivity contribution in [3.8, 4) is 5.69 Å². The molecule has 2 aromatic rings. The molecule has 3 N–H and O–H groups in total. The molecule has 1 aromatic heterocycles. The lowest BCUT2D eigenvalue weighted by molar-refractivity contribution is 0.244. The molecule has 1 fully saturated rings. The van der Waals surface area contributed by atoms with Gasteiger partial charge in [0.2, 0.25) is 0 Å². The number of carbonyl (C=O) groups excluding carboxylic acids is 1. The van der Waals surface area contributed by atoms with Crippen molar-refractivity contribution in [1.29, 1.82) is 0 Å². The molecule has 0 atom stereocenters. The van der Waals surface area contributed by atoms with Crippen molar-refractivity contribution in [3.63, 3.8) is 0 Å². The molecule has 6 nitrogen and oxygen atoms in total. The standard InChI is InChI=1S/C16H20N4O2/c21-15-11-14(19-20(15)13-9-5-2-6-10-13)18-16(22)17-12-7-3-1-4-8-12/h2,5-6,9-12,19H,1,3-4,7-8H2,(H2,17,18,22). The third-order valence-electron chi connectivity index (χ3n) is 3.92. The number of amides is 2. The number of rotatable bonds is 3. The molecule has 0 spiro atoms. The Bertz CT molecular complexity index is 684. The molecule has 0 saturated heterocycles. The van der Waals surface area contributed by atoms with E-state index in [0.717, 1.165) is 31.4 Å². The van der Waals surface area contributed by atoms with Gasteiger partial charge in [-0.25, -0.2) is 9.48 Å². The fraction of sp³-hybridized carbons (Fsp3) is 0.375. The molecule has 1 aliphatic carbocycles. The van der Waals surface area contributed by atoms with Gasteiger partial charge in [-0.2, -0.15) is 0 Å². The zero-order valence-corrected chi connectivity index (χ0v) is 12.3. The van der Waals surface area contributed by atoms with Gasteiger partial charge < -0.3 is 5.32 Å². The number of urea groups is 1. The molecule has 0 aliphatic heterocycles. The minimum absolute atomic E-state index is 0.209. The second-order valence-electron chi connectivity index (χ2n) is 5.61. The number of para-hydroxylation sites is 1. The summed E-state index contributed by atoms with van der Waals surface area (Å²) in [5, 5.41) is 8.55. The molecular formula is C16H20N4O2. The quantitative estimate of drug-likeness (QED) is 0.814. The lowest BCUT2D eigenvalue weighted by Crippen LogP contribution is -2.39. The fourth-order valence-corrected chi connectivity index (χ4v) is 2.82. The Morgan fingerprint density at radius 3 is 2.59 bits per heavy atom. The Balaban J connectivity index is 1.66. The van der Waals surface area contributed by atoms with Gasteiger partial charge in [0.1, 0.15) is 5.82 Å². The van der Waals surface area contributed by atoms with Crippen molar-refractivity contribution < 1.29 is 4.79 Å². The van der Waals surface area contributed by atoms with Crippen LogP contribution in [0.4, 0.5) is 10.6 Å². The van der Waals surface area contributed by atoms with E-state index in [-0.39, 0.29) is 17.6 Å². The normalized spacial score (nSPS) is 15.5. The van der Waals surface area contributed by atoms with Crippen LogP contribution in [0.1, 0.15) is 32.1 Å². The van der Waals surface area contributed by atoms with Crippen molar-refractivity contribution >= 4 is 11.8 Å².